The van der Waals surface area contributed by atoms with Gasteiger partial charge in [-0.25, -0.2) is 9.18 Å². The maximum atomic E-state index is 13.8. The highest BCUT2D eigenvalue weighted by molar-refractivity contribution is 5.79. The van der Waals surface area contributed by atoms with Crippen molar-refractivity contribution in [2.45, 2.75) is 18.9 Å². The molecule has 1 aromatic carbocycles. The number of nitro groups is 1. The Bertz CT molecular complexity index is 506. The third-order valence-electron chi connectivity index (χ3n) is 2.99. The standard InChI is InChI=1S/C11H11FN2O4/c12-8-6-7(14(17)18)3-4-9(8)13-5-1-2-10(13)11(15)16/h3-4,6,10H,1-2,5H2,(H,15,16)/t10-/m1/s1. The van der Waals surface area contributed by atoms with Gasteiger partial charge in [-0.2, -0.15) is 0 Å². The van der Waals surface area contributed by atoms with Gasteiger partial charge >= 0.3 is 5.97 Å². The second-order valence-electron chi connectivity index (χ2n) is 4.08. The van der Waals surface area contributed by atoms with Crippen molar-refractivity contribution in [3.8, 4) is 0 Å². The molecule has 1 atom stereocenters. The molecule has 0 radical (unpaired) electrons. The number of rotatable bonds is 3. The second-order valence-corrected chi connectivity index (χ2v) is 4.08. The fourth-order valence-corrected chi connectivity index (χ4v) is 2.15. The minimum Gasteiger partial charge on any atom is -0.480 e. The number of carboxylic acid groups (broad SMARTS) is 1. The molecule has 7 heteroatoms. The van der Waals surface area contributed by atoms with Gasteiger partial charge in [-0.15, -0.1) is 0 Å². The van der Waals surface area contributed by atoms with Gasteiger partial charge in [0.2, 0.25) is 0 Å². The van der Waals surface area contributed by atoms with Crippen LogP contribution in [0.25, 0.3) is 0 Å². The van der Waals surface area contributed by atoms with Crippen LogP contribution in [0.5, 0.6) is 0 Å². The Kier molecular flexibility index (Phi) is 3.14. The van der Waals surface area contributed by atoms with E-state index in [9.17, 15) is 19.3 Å². The van der Waals surface area contributed by atoms with Crippen molar-refractivity contribution in [2.75, 3.05) is 11.4 Å². The molecule has 0 aromatic heterocycles. The molecule has 1 saturated heterocycles. The lowest BCUT2D eigenvalue weighted by atomic mass is 10.2. The smallest absolute Gasteiger partial charge is 0.326 e. The van der Waals surface area contributed by atoms with Crippen LogP contribution in [-0.2, 0) is 4.79 Å². The lowest BCUT2D eigenvalue weighted by Crippen LogP contribution is -2.36. The first-order valence-corrected chi connectivity index (χ1v) is 5.44. The minimum absolute atomic E-state index is 0.102. The molecule has 1 aliphatic rings. The van der Waals surface area contributed by atoms with E-state index in [1.165, 1.54) is 17.0 Å². The summed E-state index contributed by atoms with van der Waals surface area (Å²) in [6.07, 6.45) is 1.11. The normalized spacial score (nSPS) is 18.9. The molecule has 18 heavy (non-hydrogen) atoms. The Morgan fingerprint density at radius 2 is 2.28 bits per heavy atom. The van der Waals surface area contributed by atoms with Crippen molar-refractivity contribution in [1.82, 2.24) is 0 Å². The number of aliphatic carboxylic acids is 1. The fraction of sp³-hybridized carbons (Fsp3) is 0.364. The van der Waals surface area contributed by atoms with E-state index < -0.39 is 22.8 Å². The first-order valence-electron chi connectivity index (χ1n) is 5.44. The third kappa shape index (κ3) is 2.11. The number of hydrogen-bond donors (Lipinski definition) is 1. The van der Waals surface area contributed by atoms with Crippen LogP contribution in [0.4, 0.5) is 15.8 Å². The first-order chi connectivity index (χ1) is 8.50. The zero-order valence-corrected chi connectivity index (χ0v) is 9.38. The number of non-ortho nitro benzene ring substituents is 1. The molecule has 2 rings (SSSR count). The predicted molar refractivity (Wildman–Crippen MR) is 61.1 cm³/mol. The average molecular weight is 254 g/mol. The lowest BCUT2D eigenvalue weighted by molar-refractivity contribution is -0.385. The average Bonchev–Trinajstić information content (AvgIpc) is 2.77. The summed E-state index contributed by atoms with van der Waals surface area (Å²) in [5.74, 6) is -1.78. The van der Waals surface area contributed by atoms with E-state index in [2.05, 4.69) is 0 Å². The number of anilines is 1. The van der Waals surface area contributed by atoms with Crippen molar-refractivity contribution in [3.63, 3.8) is 0 Å². The molecule has 1 aromatic rings. The van der Waals surface area contributed by atoms with E-state index in [4.69, 9.17) is 5.11 Å². The van der Waals surface area contributed by atoms with E-state index in [0.717, 1.165) is 6.07 Å². The summed E-state index contributed by atoms with van der Waals surface area (Å²) in [4.78, 5) is 22.2. The van der Waals surface area contributed by atoms with Crippen LogP contribution in [0.1, 0.15) is 12.8 Å². The van der Waals surface area contributed by atoms with Crippen LogP contribution >= 0.6 is 0 Å². The minimum atomic E-state index is -1.01. The van der Waals surface area contributed by atoms with Crippen LogP contribution < -0.4 is 4.90 Å². The number of halogens is 1. The Balaban J connectivity index is 2.33. The summed E-state index contributed by atoms with van der Waals surface area (Å²) in [6, 6.07) is 2.48. The molecule has 1 aliphatic heterocycles. The molecule has 0 amide bonds. The van der Waals surface area contributed by atoms with E-state index in [0.29, 0.717) is 19.4 Å². The summed E-state index contributed by atoms with van der Waals surface area (Å²) in [6.45, 7) is 0.436. The highest BCUT2D eigenvalue weighted by Crippen LogP contribution is 2.30. The van der Waals surface area contributed by atoms with E-state index >= 15 is 0 Å². The summed E-state index contributed by atoms with van der Waals surface area (Å²) in [5.41, 5.74) is -0.243. The largest absolute Gasteiger partial charge is 0.480 e. The van der Waals surface area contributed by atoms with E-state index in [1.54, 1.807) is 0 Å². The van der Waals surface area contributed by atoms with Crippen molar-refractivity contribution in [2.24, 2.45) is 0 Å². The quantitative estimate of drug-likeness (QED) is 0.656. The molecule has 96 valence electrons. The molecule has 0 unspecified atom stereocenters. The zero-order valence-electron chi connectivity index (χ0n) is 9.38. The topological polar surface area (TPSA) is 83.7 Å². The van der Waals surface area contributed by atoms with Gasteiger partial charge in [-0.1, -0.05) is 0 Å². The van der Waals surface area contributed by atoms with Gasteiger partial charge in [0.1, 0.15) is 6.04 Å². The first kappa shape index (κ1) is 12.3. The number of carbonyl (C=O) groups is 1. The van der Waals surface area contributed by atoms with Crippen molar-refractivity contribution in [3.05, 3.63) is 34.1 Å². The van der Waals surface area contributed by atoms with Crippen molar-refractivity contribution >= 4 is 17.3 Å². The maximum Gasteiger partial charge on any atom is 0.326 e. The highest BCUT2D eigenvalue weighted by atomic mass is 19.1. The molecule has 0 spiro atoms. The zero-order chi connectivity index (χ0) is 13.3. The summed E-state index contributed by atoms with van der Waals surface area (Å²) < 4.78 is 13.8. The van der Waals surface area contributed by atoms with Gasteiger partial charge in [0.25, 0.3) is 5.69 Å². The van der Waals surface area contributed by atoms with Crippen molar-refractivity contribution < 1.29 is 19.2 Å². The number of nitro benzene ring substituents is 1. The number of benzene rings is 1. The summed E-state index contributed by atoms with van der Waals surface area (Å²) >= 11 is 0. The number of nitrogens with zero attached hydrogens (tertiary/aromatic N) is 2. The molecule has 0 saturated carbocycles. The van der Waals surface area contributed by atoms with Crippen LogP contribution in [0.15, 0.2) is 18.2 Å². The predicted octanol–water partition coefficient (Wildman–Crippen LogP) is 1.79. The lowest BCUT2D eigenvalue weighted by Gasteiger charge is -2.23. The molecule has 6 nitrogen and oxygen atoms in total. The van der Waals surface area contributed by atoms with E-state index in [-0.39, 0.29) is 11.4 Å². The third-order valence-corrected chi connectivity index (χ3v) is 2.99. The molecular formula is C11H11FN2O4. The number of carboxylic acids is 1. The van der Waals surface area contributed by atoms with Gasteiger partial charge in [-0.3, -0.25) is 10.1 Å². The molecule has 1 heterocycles. The Morgan fingerprint density at radius 3 is 2.83 bits per heavy atom. The Hall–Kier alpha value is -2.18. The monoisotopic (exact) mass is 254 g/mol. The van der Waals surface area contributed by atoms with Gasteiger partial charge < -0.3 is 10.0 Å². The summed E-state index contributed by atoms with van der Waals surface area (Å²) in [7, 11) is 0. The molecule has 1 N–H and O–H groups in total. The molecule has 0 aliphatic carbocycles. The Labute approximate surface area is 102 Å². The molecular weight excluding hydrogens is 243 g/mol. The maximum absolute atomic E-state index is 13.8. The summed E-state index contributed by atoms with van der Waals surface area (Å²) in [5, 5.41) is 19.5. The van der Waals surface area contributed by atoms with Crippen LogP contribution in [0.2, 0.25) is 0 Å². The SMILES string of the molecule is O=C(O)[C@H]1CCCN1c1ccc([N+](=O)[O-])cc1F. The van der Waals surface area contributed by atoms with Gasteiger partial charge in [0.15, 0.2) is 5.82 Å². The van der Waals surface area contributed by atoms with Crippen LogP contribution in [0, 0.1) is 15.9 Å². The van der Waals surface area contributed by atoms with Crippen LogP contribution in [-0.4, -0.2) is 28.6 Å². The van der Waals surface area contributed by atoms with E-state index in [1.807, 2.05) is 0 Å². The molecule has 0 bridgehead atoms. The second kappa shape index (κ2) is 4.59. The molecule has 1 fully saturated rings. The fourth-order valence-electron chi connectivity index (χ4n) is 2.15. The Morgan fingerprint density at radius 1 is 1.56 bits per heavy atom. The van der Waals surface area contributed by atoms with Crippen LogP contribution in [0.3, 0.4) is 0 Å². The van der Waals surface area contributed by atoms with Gasteiger partial charge in [0, 0.05) is 12.6 Å². The highest BCUT2D eigenvalue weighted by Gasteiger charge is 2.32. The number of hydrogen-bond acceptors (Lipinski definition) is 4. The van der Waals surface area contributed by atoms with Gasteiger partial charge in [-0.05, 0) is 18.9 Å². The van der Waals surface area contributed by atoms with Gasteiger partial charge in [0.05, 0.1) is 16.7 Å². The van der Waals surface area contributed by atoms with Crippen molar-refractivity contribution in [1.29, 1.82) is 0 Å².